The molecule has 3 rings (SSSR count). The van der Waals surface area contributed by atoms with Gasteiger partial charge >= 0.3 is 6.09 Å². The molecule has 1 aromatic carbocycles. The van der Waals surface area contributed by atoms with Gasteiger partial charge in [0.2, 0.25) is 5.91 Å². The zero-order valence-electron chi connectivity index (χ0n) is 17.8. The Morgan fingerprint density at radius 2 is 2.03 bits per heavy atom. The first-order valence-corrected chi connectivity index (χ1v) is 10.4. The van der Waals surface area contributed by atoms with E-state index in [1.807, 2.05) is 30.3 Å². The van der Waals surface area contributed by atoms with Crippen LogP contribution in [-0.2, 0) is 22.7 Å². The molecule has 1 heterocycles. The molecule has 1 saturated carbocycles. The van der Waals surface area contributed by atoms with Gasteiger partial charge in [-0.25, -0.2) is 18.6 Å². The molecule has 0 saturated heterocycles. The molecule has 7 nitrogen and oxygen atoms in total. The van der Waals surface area contributed by atoms with Crippen LogP contribution < -0.4 is 5.32 Å². The molecule has 1 unspecified atom stereocenters. The summed E-state index contributed by atoms with van der Waals surface area (Å²) in [5.41, 5.74) is 1.39. The minimum absolute atomic E-state index is 0.125. The summed E-state index contributed by atoms with van der Waals surface area (Å²) in [6.07, 6.45) is 1.07. The van der Waals surface area contributed by atoms with Gasteiger partial charge in [0.25, 0.3) is 6.43 Å². The summed E-state index contributed by atoms with van der Waals surface area (Å²) in [6, 6.07) is 9.30. The number of rotatable bonds is 7. The average molecular weight is 434 g/mol. The molecule has 0 radical (unpaired) electrons. The van der Waals surface area contributed by atoms with Crippen molar-refractivity contribution >= 4 is 17.8 Å². The number of anilines is 1. The second-order valence-electron chi connectivity index (χ2n) is 7.88. The molecule has 0 aliphatic heterocycles. The van der Waals surface area contributed by atoms with Gasteiger partial charge < -0.3 is 19.5 Å². The molecule has 0 bridgehead atoms. The lowest BCUT2D eigenvalue weighted by Crippen LogP contribution is -2.42. The van der Waals surface area contributed by atoms with Gasteiger partial charge in [-0.05, 0) is 31.7 Å². The van der Waals surface area contributed by atoms with Crippen molar-refractivity contribution in [2.45, 2.75) is 58.2 Å². The Bertz CT molecular complexity index is 888. The molecule has 0 spiro atoms. The van der Waals surface area contributed by atoms with Crippen LogP contribution in [0.15, 0.2) is 36.7 Å². The third-order valence-corrected chi connectivity index (χ3v) is 5.66. The molecule has 1 N–H and O–H groups in total. The highest BCUT2D eigenvalue weighted by atomic mass is 19.3. The molecular formula is C22H28F2N4O3. The number of nitrogens with one attached hydrogen (secondary N) is 1. The van der Waals surface area contributed by atoms with Crippen LogP contribution in [-0.4, -0.2) is 46.0 Å². The van der Waals surface area contributed by atoms with Crippen LogP contribution >= 0.6 is 0 Å². The molecule has 9 heteroatoms. The van der Waals surface area contributed by atoms with Gasteiger partial charge in [0.15, 0.2) is 0 Å². The average Bonchev–Trinajstić information content (AvgIpc) is 3.10. The van der Waals surface area contributed by atoms with E-state index >= 15 is 0 Å². The van der Waals surface area contributed by atoms with Crippen molar-refractivity contribution < 1.29 is 23.1 Å². The number of carbonyl (C=O) groups excluding carboxylic acids is 2. The summed E-state index contributed by atoms with van der Waals surface area (Å²) in [7, 11) is 1.68. The first-order chi connectivity index (χ1) is 14.8. The Balaban J connectivity index is 1.56. The molecule has 1 aromatic heterocycles. The van der Waals surface area contributed by atoms with Crippen LogP contribution in [0.1, 0.15) is 36.9 Å². The second kappa shape index (κ2) is 10.4. The number of carbonyl (C=O) groups is 2. The summed E-state index contributed by atoms with van der Waals surface area (Å²) in [5.74, 6) is -0.268. The number of halogens is 2. The monoisotopic (exact) mass is 434 g/mol. The fourth-order valence-electron chi connectivity index (χ4n) is 3.88. The smallest absolute Gasteiger partial charge is 0.410 e. The highest BCUT2D eigenvalue weighted by Gasteiger charge is 2.32. The lowest BCUT2D eigenvalue weighted by atomic mass is 9.84. The second-order valence-corrected chi connectivity index (χ2v) is 7.88. The lowest BCUT2D eigenvalue weighted by molar-refractivity contribution is -0.121. The predicted molar refractivity (Wildman–Crippen MR) is 112 cm³/mol. The Morgan fingerprint density at radius 3 is 2.74 bits per heavy atom. The number of ether oxygens (including phenoxy) is 1. The third-order valence-electron chi connectivity index (χ3n) is 5.66. The molecule has 2 atom stereocenters. The van der Waals surface area contributed by atoms with Crippen molar-refractivity contribution in [3.8, 4) is 0 Å². The van der Waals surface area contributed by atoms with E-state index in [4.69, 9.17) is 4.74 Å². The largest absolute Gasteiger partial charge is 0.445 e. The lowest BCUT2D eigenvalue weighted by Gasteiger charge is -2.34. The Morgan fingerprint density at radius 1 is 1.29 bits per heavy atom. The first-order valence-electron chi connectivity index (χ1n) is 10.4. The van der Waals surface area contributed by atoms with E-state index in [0.717, 1.165) is 18.4 Å². The van der Waals surface area contributed by atoms with E-state index in [-0.39, 0.29) is 24.5 Å². The minimum atomic E-state index is -2.54. The van der Waals surface area contributed by atoms with Gasteiger partial charge in [-0.2, -0.15) is 0 Å². The fourth-order valence-corrected chi connectivity index (χ4v) is 3.88. The number of imidazole rings is 1. The summed E-state index contributed by atoms with van der Waals surface area (Å²) in [6.45, 7) is 1.32. The molecule has 1 aliphatic carbocycles. The van der Waals surface area contributed by atoms with E-state index < -0.39 is 19.1 Å². The summed E-state index contributed by atoms with van der Waals surface area (Å²) in [5, 5.41) is 2.76. The molecule has 168 valence electrons. The van der Waals surface area contributed by atoms with Gasteiger partial charge in [-0.15, -0.1) is 0 Å². The van der Waals surface area contributed by atoms with E-state index in [0.29, 0.717) is 24.4 Å². The summed E-state index contributed by atoms with van der Waals surface area (Å²) < 4.78 is 32.2. The molecular weight excluding hydrogens is 406 g/mol. The van der Waals surface area contributed by atoms with Crippen molar-refractivity contribution in [3.05, 3.63) is 47.9 Å². The van der Waals surface area contributed by atoms with Crippen LogP contribution in [0.3, 0.4) is 0 Å². The Hall–Kier alpha value is -2.97. The number of aromatic nitrogens is 2. The highest BCUT2D eigenvalue weighted by Crippen LogP contribution is 2.29. The van der Waals surface area contributed by atoms with E-state index in [9.17, 15) is 18.4 Å². The Labute approximate surface area is 180 Å². The maximum Gasteiger partial charge on any atom is 0.410 e. The van der Waals surface area contributed by atoms with Crippen molar-refractivity contribution in [2.75, 3.05) is 12.4 Å². The van der Waals surface area contributed by atoms with Crippen LogP contribution in [0, 0.1) is 12.8 Å². The van der Waals surface area contributed by atoms with Crippen LogP contribution in [0.5, 0.6) is 0 Å². The van der Waals surface area contributed by atoms with Crippen molar-refractivity contribution in [1.29, 1.82) is 0 Å². The van der Waals surface area contributed by atoms with Crippen LogP contribution in [0.2, 0.25) is 0 Å². The fraction of sp³-hybridized carbons (Fsp3) is 0.500. The number of hydrogen-bond acceptors (Lipinski definition) is 4. The zero-order chi connectivity index (χ0) is 22.4. The van der Waals surface area contributed by atoms with Crippen molar-refractivity contribution in [3.63, 3.8) is 0 Å². The molecule has 2 amide bonds. The quantitative estimate of drug-likeness (QED) is 0.708. The van der Waals surface area contributed by atoms with Crippen LogP contribution in [0.25, 0.3) is 0 Å². The zero-order valence-corrected chi connectivity index (χ0v) is 17.8. The SMILES string of the molecule is Cc1ncn(CC(F)F)c1NC(=O)C1CCC[C@@H](N(C)C(=O)OCc2ccccc2)C1. The summed E-state index contributed by atoms with van der Waals surface area (Å²) >= 11 is 0. The van der Waals surface area contributed by atoms with Gasteiger partial charge in [-0.3, -0.25) is 4.79 Å². The molecule has 1 aliphatic rings. The predicted octanol–water partition coefficient (Wildman–Crippen LogP) is 4.22. The maximum absolute atomic E-state index is 12.8. The number of amides is 2. The number of aryl methyl sites for hydroxylation is 1. The minimum Gasteiger partial charge on any atom is -0.445 e. The van der Waals surface area contributed by atoms with Crippen molar-refractivity contribution in [1.82, 2.24) is 14.5 Å². The topological polar surface area (TPSA) is 76.5 Å². The molecule has 2 aromatic rings. The Kier molecular flexibility index (Phi) is 7.59. The number of alkyl halides is 2. The van der Waals surface area contributed by atoms with E-state index in [1.54, 1.807) is 18.9 Å². The van der Waals surface area contributed by atoms with E-state index in [2.05, 4.69) is 10.3 Å². The number of nitrogens with zero attached hydrogens (tertiary/aromatic N) is 3. The van der Waals surface area contributed by atoms with Gasteiger partial charge in [0, 0.05) is 19.0 Å². The van der Waals surface area contributed by atoms with Crippen molar-refractivity contribution in [2.24, 2.45) is 5.92 Å². The highest BCUT2D eigenvalue weighted by molar-refractivity contribution is 5.92. The molecule has 1 fully saturated rings. The van der Waals surface area contributed by atoms with Gasteiger partial charge in [0.05, 0.1) is 18.6 Å². The normalized spacial score (nSPS) is 18.6. The first kappa shape index (κ1) is 22.7. The van der Waals surface area contributed by atoms with Gasteiger partial charge in [-0.1, -0.05) is 36.8 Å². The maximum atomic E-state index is 12.8. The third kappa shape index (κ3) is 6.02. The molecule has 31 heavy (non-hydrogen) atoms. The number of benzene rings is 1. The number of hydrogen-bond donors (Lipinski definition) is 1. The van der Waals surface area contributed by atoms with E-state index in [1.165, 1.54) is 10.9 Å². The van der Waals surface area contributed by atoms with Crippen LogP contribution in [0.4, 0.5) is 19.4 Å². The summed E-state index contributed by atoms with van der Waals surface area (Å²) in [4.78, 5) is 30.9. The standard InChI is InChI=1S/C22H28F2N4O3/c1-15-20(28(14-25-15)12-19(23)24)26-21(29)17-9-6-10-18(11-17)27(2)22(30)31-13-16-7-4-3-5-8-16/h3-5,7-8,14,17-19H,6,9-13H2,1-2H3,(H,26,29)/t17?,18-/m1/s1. The van der Waals surface area contributed by atoms with Gasteiger partial charge in [0.1, 0.15) is 12.4 Å².